The molecule has 0 aliphatic carbocycles. The van der Waals surface area contributed by atoms with Crippen molar-refractivity contribution in [3.8, 4) is 0 Å². The quantitative estimate of drug-likeness (QED) is 0.0399. The first kappa shape index (κ1) is 71.9. The van der Waals surface area contributed by atoms with Gasteiger partial charge >= 0.3 is 12.1 Å². The highest BCUT2D eigenvalue weighted by Gasteiger charge is 2.44. The van der Waals surface area contributed by atoms with E-state index in [0.717, 1.165) is 0 Å². The molecule has 2 unspecified atom stereocenters. The number of likely N-dealkylation sites (tertiary alicyclic amines) is 1. The van der Waals surface area contributed by atoms with E-state index in [9.17, 15) is 43.5 Å². The molecule has 1 heterocycles. The molecule has 3 rings (SSSR count). The number of nitrogens with one attached hydrogen (secondary N) is 6. The maximum absolute atomic E-state index is 14.8. The summed E-state index contributed by atoms with van der Waals surface area (Å²) >= 11 is 0. The molecule has 1 fully saturated rings. The Morgan fingerprint density at radius 3 is 1.92 bits per heavy atom. The number of methoxy groups -OCH3 is 2. The zero-order valence-electron chi connectivity index (χ0n) is 53.1. The monoisotopic (exact) mass is 1180 g/mol. The van der Waals surface area contributed by atoms with Crippen LogP contribution in [0.3, 0.4) is 0 Å². The first-order valence-corrected chi connectivity index (χ1v) is 29.7. The fourth-order valence-electron chi connectivity index (χ4n) is 10.9. The van der Waals surface area contributed by atoms with Gasteiger partial charge in [0, 0.05) is 52.6 Å². The Hall–Kier alpha value is -6.36. The number of carbonyl (C=O) groups excluding carboxylic acids is 8. The molecule has 1 aliphatic rings. The predicted octanol–water partition coefficient (Wildman–Crippen LogP) is 5.86. The number of anilines is 1. The van der Waals surface area contributed by atoms with Crippen molar-refractivity contribution in [2.75, 3.05) is 46.7 Å². The maximum atomic E-state index is 14.8. The minimum absolute atomic E-state index is 0.0740. The largest absolute Gasteiger partial charge is 0.445 e. The number of carbonyl (C=O) groups is 8. The van der Waals surface area contributed by atoms with E-state index in [1.165, 1.54) is 26.2 Å². The molecule has 9 N–H and O–H groups in total. The van der Waals surface area contributed by atoms with Crippen LogP contribution >= 0.6 is 0 Å². The van der Waals surface area contributed by atoms with Gasteiger partial charge in [0.15, 0.2) is 0 Å². The van der Waals surface area contributed by atoms with E-state index >= 15 is 0 Å². The van der Waals surface area contributed by atoms with Gasteiger partial charge in [-0.1, -0.05) is 111 Å². The van der Waals surface area contributed by atoms with Crippen molar-refractivity contribution in [3.63, 3.8) is 0 Å². The molecule has 2 aromatic carbocycles. The van der Waals surface area contributed by atoms with Crippen LogP contribution in [-0.2, 0) is 49.6 Å². The van der Waals surface area contributed by atoms with Crippen molar-refractivity contribution >= 4 is 53.3 Å². The molecule has 9 amide bonds. The number of primary amides is 1. The van der Waals surface area contributed by atoms with Crippen LogP contribution in [0.4, 0.5) is 15.3 Å². The number of amides is 9. The number of urea groups is 1. The summed E-state index contributed by atoms with van der Waals surface area (Å²) in [5, 5.41) is 28.4. The standard InChI is InChI=1S/C62H102N10O12/c1-18-39(8)52(47(82-16)34-48(73)72-33-23-27-46(72)54(83-17)40(9)55(75)65-41(10)53(74)43-24-20-19-21-25-43)70(14)59(79)50(37(4)5)68-58(78)51(38(6)7)71(15)61(81)84-35-42-28-30-44(31-29-42)66-56(76)45(26-22-32-64-60(63)80)67-57(77)49(36(2)3)69-62(11,12)13/h19-21,24-25,28-31,36-41,45-47,49-54,69,74H,18,22-23,26-27,32-35H2,1-17H3,(H,65,75)(H,66,76)(H,67,77)(H,68,78)(H3,63,64,80)/t39-,40-,41-,45-,46-,47+,49?,50-,51?,52-,53-,54+/m0/s1. The topological polar surface area (TPSA) is 292 Å². The number of benzene rings is 2. The summed E-state index contributed by atoms with van der Waals surface area (Å²) in [6, 6.07) is 9.77. The minimum atomic E-state index is -1.05. The zero-order valence-corrected chi connectivity index (χ0v) is 53.1. The number of hydrogen-bond acceptors (Lipinski definition) is 13. The lowest BCUT2D eigenvalue weighted by atomic mass is 9.89. The summed E-state index contributed by atoms with van der Waals surface area (Å²) in [5.41, 5.74) is 6.53. The Balaban J connectivity index is 1.71. The third-order valence-corrected chi connectivity index (χ3v) is 15.8. The lowest BCUT2D eigenvalue weighted by Crippen LogP contribution is -2.60. The zero-order chi connectivity index (χ0) is 63.3. The van der Waals surface area contributed by atoms with E-state index in [1.54, 1.807) is 80.9 Å². The van der Waals surface area contributed by atoms with Crippen LogP contribution in [0.2, 0.25) is 0 Å². The van der Waals surface area contributed by atoms with E-state index in [0.29, 0.717) is 49.0 Å². The predicted molar refractivity (Wildman–Crippen MR) is 324 cm³/mol. The normalized spacial score (nSPS) is 17.5. The molecule has 0 saturated carbocycles. The summed E-state index contributed by atoms with van der Waals surface area (Å²) in [5.74, 6) is -4.03. The summed E-state index contributed by atoms with van der Waals surface area (Å²) in [7, 11) is 6.14. The van der Waals surface area contributed by atoms with E-state index in [4.69, 9.17) is 19.9 Å². The van der Waals surface area contributed by atoms with Crippen LogP contribution in [-0.4, -0.2) is 169 Å². The first-order chi connectivity index (χ1) is 39.4. The first-order valence-electron chi connectivity index (χ1n) is 29.7. The molecule has 0 spiro atoms. The summed E-state index contributed by atoms with van der Waals surface area (Å²) in [6.45, 7) is 24.8. The van der Waals surface area contributed by atoms with Crippen LogP contribution < -0.4 is 37.6 Å². The van der Waals surface area contributed by atoms with Crippen LogP contribution in [0.5, 0.6) is 0 Å². The molecule has 22 nitrogen and oxygen atoms in total. The third kappa shape index (κ3) is 21.3. The van der Waals surface area contributed by atoms with E-state index in [2.05, 4.69) is 31.9 Å². The van der Waals surface area contributed by atoms with Crippen LogP contribution in [0.25, 0.3) is 0 Å². The van der Waals surface area contributed by atoms with Gasteiger partial charge in [-0.25, -0.2) is 9.59 Å². The second-order valence-corrected chi connectivity index (χ2v) is 24.6. The minimum Gasteiger partial charge on any atom is -0.445 e. The number of nitrogens with zero attached hydrogens (tertiary/aromatic N) is 3. The Kier molecular flexibility index (Phi) is 29.1. The molecule has 2 aromatic rings. The van der Waals surface area contributed by atoms with Gasteiger partial charge in [-0.3, -0.25) is 33.7 Å². The molecule has 22 heteroatoms. The van der Waals surface area contributed by atoms with Gasteiger partial charge in [-0.2, -0.15) is 0 Å². The summed E-state index contributed by atoms with van der Waals surface area (Å²) < 4.78 is 17.7. The Labute approximate surface area is 499 Å². The van der Waals surface area contributed by atoms with Gasteiger partial charge in [0.1, 0.15) is 24.7 Å². The molecule has 12 atom stereocenters. The van der Waals surface area contributed by atoms with Crippen LogP contribution in [0.15, 0.2) is 54.6 Å². The number of aliphatic hydroxyl groups excluding tert-OH is 1. The summed E-state index contributed by atoms with van der Waals surface area (Å²) in [6.07, 6.45) is -0.689. The van der Waals surface area contributed by atoms with Crippen molar-refractivity contribution in [1.82, 2.24) is 41.3 Å². The van der Waals surface area contributed by atoms with Crippen molar-refractivity contribution in [3.05, 3.63) is 65.7 Å². The van der Waals surface area contributed by atoms with Gasteiger partial charge < -0.3 is 66.8 Å². The van der Waals surface area contributed by atoms with E-state index in [-0.39, 0.29) is 61.1 Å². The SMILES string of the molecule is CC[C@H](C)[C@@H]([C@@H](CC(=O)N1CCC[C@H]1[C@H](OC)[C@H](C)C(=O)N[C@@H](C)[C@H](O)c1ccccc1)OC)N(C)C(=O)[C@@H](NC(=O)C(C(C)C)N(C)C(=O)OCc1ccc(NC(=O)[C@H](CCCNC(N)=O)NC(=O)C(NC(C)(C)C)C(C)C)cc1)C(C)C. The number of rotatable bonds is 32. The fraction of sp³-hybridized carbons (Fsp3) is 0.677. The highest BCUT2D eigenvalue weighted by Crippen LogP contribution is 2.30. The summed E-state index contributed by atoms with van der Waals surface area (Å²) in [4.78, 5) is 114. The van der Waals surface area contributed by atoms with Crippen LogP contribution in [0, 0.1) is 29.6 Å². The van der Waals surface area contributed by atoms with Crippen molar-refractivity contribution in [2.24, 2.45) is 35.3 Å². The Bertz CT molecular complexity index is 2440. The third-order valence-electron chi connectivity index (χ3n) is 15.8. The fourth-order valence-corrected chi connectivity index (χ4v) is 10.9. The lowest BCUT2D eigenvalue weighted by Gasteiger charge is -2.41. The average Bonchev–Trinajstić information content (AvgIpc) is 3.83. The molecular weight excluding hydrogens is 1080 g/mol. The molecule has 0 radical (unpaired) electrons. The number of ether oxygens (including phenoxy) is 3. The Morgan fingerprint density at radius 2 is 1.38 bits per heavy atom. The molecule has 0 bridgehead atoms. The van der Waals surface area contributed by atoms with Crippen molar-refractivity contribution in [1.29, 1.82) is 0 Å². The molecule has 84 heavy (non-hydrogen) atoms. The van der Waals surface area contributed by atoms with E-state index in [1.807, 2.05) is 80.5 Å². The second kappa shape index (κ2) is 34.0. The second-order valence-electron chi connectivity index (χ2n) is 24.6. The average molecular weight is 1180 g/mol. The number of hydrogen-bond donors (Lipinski definition) is 8. The van der Waals surface area contributed by atoms with Gasteiger partial charge in [0.25, 0.3) is 0 Å². The maximum Gasteiger partial charge on any atom is 0.410 e. The van der Waals surface area contributed by atoms with Crippen molar-refractivity contribution in [2.45, 2.75) is 201 Å². The number of nitrogens with two attached hydrogens (primary N) is 1. The number of aliphatic hydroxyl groups is 1. The van der Waals surface area contributed by atoms with Crippen molar-refractivity contribution < 1.29 is 57.7 Å². The van der Waals surface area contributed by atoms with Gasteiger partial charge in [0.05, 0.1) is 54.8 Å². The van der Waals surface area contributed by atoms with Crippen LogP contribution in [0.1, 0.15) is 146 Å². The molecule has 1 aliphatic heterocycles. The van der Waals surface area contributed by atoms with Gasteiger partial charge in [-0.05, 0) is 100 Å². The number of likely N-dealkylation sites (N-methyl/N-ethyl adjacent to an activating group) is 2. The van der Waals surface area contributed by atoms with Gasteiger partial charge in [-0.15, -0.1) is 0 Å². The lowest BCUT2D eigenvalue weighted by molar-refractivity contribution is -0.148. The highest BCUT2D eigenvalue weighted by molar-refractivity contribution is 5.98. The highest BCUT2D eigenvalue weighted by atomic mass is 16.6. The molecular formula is C62H102N10O12. The van der Waals surface area contributed by atoms with E-state index < -0.39 is 108 Å². The molecule has 472 valence electrons. The smallest absolute Gasteiger partial charge is 0.410 e. The molecule has 0 aromatic heterocycles. The molecule has 1 saturated heterocycles. The Morgan fingerprint density at radius 1 is 0.762 bits per heavy atom. The van der Waals surface area contributed by atoms with Gasteiger partial charge in [0.2, 0.25) is 35.4 Å².